The molecular formula is C14H19N5. The molecule has 19 heavy (non-hydrogen) atoms. The molecule has 2 aromatic rings. The number of aromatic nitrogens is 4. The lowest BCUT2D eigenvalue weighted by Gasteiger charge is -2.18. The monoisotopic (exact) mass is 257 g/mol. The fourth-order valence-electron chi connectivity index (χ4n) is 2.69. The van der Waals surface area contributed by atoms with Gasteiger partial charge in [0.1, 0.15) is 11.5 Å². The van der Waals surface area contributed by atoms with Gasteiger partial charge in [-0.25, -0.2) is 9.97 Å². The second-order valence-electron chi connectivity index (χ2n) is 4.81. The van der Waals surface area contributed by atoms with Gasteiger partial charge in [0, 0.05) is 31.0 Å². The summed E-state index contributed by atoms with van der Waals surface area (Å²) in [7, 11) is 1.93. The number of fused-ring (bicyclic) bond motifs is 1. The summed E-state index contributed by atoms with van der Waals surface area (Å²) in [6.07, 6.45) is 6.40. The lowest BCUT2D eigenvalue weighted by Crippen LogP contribution is -2.13. The standard InChI is InChI=1S/C14H19N5/c1-3-19-12(8-9-16-19)14-17-11-7-5-4-6-10(11)13(15-2)18-14/h8-9H,3-7H2,1-2H3,(H,15,17,18). The van der Waals surface area contributed by atoms with Crippen molar-refractivity contribution in [2.45, 2.75) is 39.2 Å². The highest BCUT2D eigenvalue weighted by Crippen LogP contribution is 2.28. The summed E-state index contributed by atoms with van der Waals surface area (Å²) >= 11 is 0. The molecule has 1 N–H and O–H groups in total. The first-order chi connectivity index (χ1) is 9.33. The summed E-state index contributed by atoms with van der Waals surface area (Å²) in [5, 5.41) is 7.51. The van der Waals surface area contributed by atoms with E-state index in [9.17, 15) is 0 Å². The van der Waals surface area contributed by atoms with Crippen molar-refractivity contribution < 1.29 is 0 Å². The van der Waals surface area contributed by atoms with Crippen molar-refractivity contribution in [3.8, 4) is 11.5 Å². The van der Waals surface area contributed by atoms with Crippen LogP contribution in [-0.2, 0) is 19.4 Å². The van der Waals surface area contributed by atoms with E-state index in [4.69, 9.17) is 4.98 Å². The summed E-state index contributed by atoms with van der Waals surface area (Å²) in [5.74, 6) is 1.76. The Kier molecular flexibility index (Phi) is 3.19. The minimum absolute atomic E-state index is 0.782. The van der Waals surface area contributed by atoms with Crippen LogP contribution in [0.25, 0.3) is 11.5 Å². The van der Waals surface area contributed by atoms with Gasteiger partial charge in [-0.15, -0.1) is 0 Å². The molecule has 0 fully saturated rings. The highest BCUT2D eigenvalue weighted by Gasteiger charge is 2.18. The third kappa shape index (κ3) is 2.09. The Labute approximate surface area is 113 Å². The van der Waals surface area contributed by atoms with E-state index in [0.29, 0.717) is 0 Å². The fourth-order valence-corrected chi connectivity index (χ4v) is 2.69. The van der Waals surface area contributed by atoms with Gasteiger partial charge in [0.05, 0.1) is 0 Å². The predicted molar refractivity (Wildman–Crippen MR) is 75.1 cm³/mol. The lowest BCUT2D eigenvalue weighted by atomic mass is 9.96. The molecule has 2 aromatic heterocycles. The van der Waals surface area contributed by atoms with Gasteiger partial charge in [-0.1, -0.05) is 0 Å². The maximum absolute atomic E-state index is 4.76. The minimum Gasteiger partial charge on any atom is -0.373 e. The van der Waals surface area contributed by atoms with Crippen LogP contribution in [0.15, 0.2) is 12.3 Å². The molecule has 3 rings (SSSR count). The van der Waals surface area contributed by atoms with Crippen LogP contribution in [0.3, 0.4) is 0 Å². The van der Waals surface area contributed by atoms with Crippen molar-refractivity contribution in [2.75, 3.05) is 12.4 Å². The molecule has 5 heteroatoms. The molecule has 0 aromatic carbocycles. The second kappa shape index (κ2) is 4.99. The topological polar surface area (TPSA) is 55.6 Å². The Morgan fingerprint density at radius 2 is 2.11 bits per heavy atom. The molecule has 0 unspecified atom stereocenters. The maximum atomic E-state index is 4.76. The van der Waals surface area contributed by atoms with Gasteiger partial charge in [0.2, 0.25) is 0 Å². The first-order valence-corrected chi connectivity index (χ1v) is 6.93. The summed E-state index contributed by atoms with van der Waals surface area (Å²) in [4.78, 5) is 9.43. The summed E-state index contributed by atoms with van der Waals surface area (Å²) < 4.78 is 1.93. The Hall–Kier alpha value is -1.91. The van der Waals surface area contributed by atoms with Gasteiger partial charge < -0.3 is 5.32 Å². The van der Waals surface area contributed by atoms with Crippen LogP contribution >= 0.6 is 0 Å². The van der Waals surface area contributed by atoms with E-state index >= 15 is 0 Å². The van der Waals surface area contributed by atoms with E-state index in [1.807, 2.05) is 17.8 Å². The van der Waals surface area contributed by atoms with Crippen molar-refractivity contribution in [3.63, 3.8) is 0 Å². The molecule has 1 aliphatic rings. The second-order valence-corrected chi connectivity index (χ2v) is 4.81. The average molecular weight is 257 g/mol. The van der Waals surface area contributed by atoms with E-state index < -0.39 is 0 Å². The van der Waals surface area contributed by atoms with E-state index in [0.717, 1.165) is 36.7 Å². The molecule has 0 bridgehead atoms. The Balaban J connectivity index is 2.12. The van der Waals surface area contributed by atoms with Gasteiger partial charge in [-0.2, -0.15) is 5.10 Å². The summed E-state index contributed by atoms with van der Waals surface area (Å²) in [6.45, 7) is 2.91. The molecule has 0 amide bonds. The first kappa shape index (κ1) is 12.1. The molecule has 0 spiro atoms. The molecule has 0 atom stereocenters. The smallest absolute Gasteiger partial charge is 0.180 e. The number of nitrogens with zero attached hydrogens (tertiary/aromatic N) is 4. The highest BCUT2D eigenvalue weighted by atomic mass is 15.3. The van der Waals surface area contributed by atoms with E-state index in [1.54, 1.807) is 6.20 Å². The minimum atomic E-state index is 0.782. The molecule has 5 nitrogen and oxygen atoms in total. The largest absolute Gasteiger partial charge is 0.373 e. The quantitative estimate of drug-likeness (QED) is 0.916. The van der Waals surface area contributed by atoms with Crippen LogP contribution in [0.2, 0.25) is 0 Å². The first-order valence-electron chi connectivity index (χ1n) is 6.93. The van der Waals surface area contributed by atoms with Crippen molar-refractivity contribution in [1.29, 1.82) is 0 Å². The molecule has 0 radical (unpaired) electrons. The number of hydrogen-bond acceptors (Lipinski definition) is 4. The van der Waals surface area contributed by atoms with Gasteiger partial charge in [-0.05, 0) is 38.7 Å². The number of anilines is 1. The van der Waals surface area contributed by atoms with Gasteiger partial charge >= 0.3 is 0 Å². The summed E-state index contributed by atoms with van der Waals surface area (Å²) in [6, 6.07) is 1.98. The average Bonchev–Trinajstić information content (AvgIpc) is 2.94. The zero-order valence-corrected chi connectivity index (χ0v) is 11.5. The number of aryl methyl sites for hydroxylation is 2. The molecule has 100 valence electrons. The van der Waals surface area contributed by atoms with Gasteiger partial charge in [0.25, 0.3) is 0 Å². The zero-order valence-electron chi connectivity index (χ0n) is 11.5. The van der Waals surface area contributed by atoms with E-state index in [2.05, 4.69) is 22.3 Å². The van der Waals surface area contributed by atoms with Crippen LogP contribution in [0.4, 0.5) is 5.82 Å². The number of hydrogen-bond donors (Lipinski definition) is 1. The van der Waals surface area contributed by atoms with E-state index in [1.165, 1.54) is 24.1 Å². The normalized spacial score (nSPS) is 14.2. The molecule has 0 saturated carbocycles. The molecule has 1 aliphatic carbocycles. The SMILES string of the molecule is CCn1nccc1-c1nc2c(c(NC)n1)CCCC2. The van der Waals surface area contributed by atoms with Crippen LogP contribution in [-0.4, -0.2) is 26.8 Å². The van der Waals surface area contributed by atoms with Crippen LogP contribution in [0, 0.1) is 0 Å². The third-order valence-electron chi connectivity index (χ3n) is 3.67. The Morgan fingerprint density at radius 1 is 1.26 bits per heavy atom. The number of rotatable bonds is 3. The van der Waals surface area contributed by atoms with Gasteiger partial charge in [0.15, 0.2) is 5.82 Å². The van der Waals surface area contributed by atoms with Gasteiger partial charge in [-0.3, -0.25) is 4.68 Å². The van der Waals surface area contributed by atoms with Crippen molar-refractivity contribution in [3.05, 3.63) is 23.5 Å². The van der Waals surface area contributed by atoms with Crippen molar-refractivity contribution in [2.24, 2.45) is 0 Å². The molecule has 0 aliphatic heterocycles. The predicted octanol–water partition coefficient (Wildman–Crippen LogP) is 2.28. The summed E-state index contributed by atoms with van der Waals surface area (Å²) in [5.41, 5.74) is 3.48. The number of nitrogens with one attached hydrogen (secondary N) is 1. The van der Waals surface area contributed by atoms with Crippen LogP contribution in [0.5, 0.6) is 0 Å². The van der Waals surface area contributed by atoms with Crippen LogP contribution in [0.1, 0.15) is 31.0 Å². The third-order valence-corrected chi connectivity index (χ3v) is 3.67. The molecular weight excluding hydrogens is 238 g/mol. The molecule has 2 heterocycles. The van der Waals surface area contributed by atoms with E-state index in [-0.39, 0.29) is 0 Å². The van der Waals surface area contributed by atoms with Crippen LogP contribution < -0.4 is 5.32 Å². The maximum Gasteiger partial charge on any atom is 0.180 e. The lowest BCUT2D eigenvalue weighted by molar-refractivity contribution is 0.652. The highest BCUT2D eigenvalue weighted by molar-refractivity contribution is 5.57. The Morgan fingerprint density at radius 3 is 2.89 bits per heavy atom. The van der Waals surface area contributed by atoms with Crippen molar-refractivity contribution in [1.82, 2.24) is 19.7 Å². The zero-order chi connectivity index (χ0) is 13.2. The fraction of sp³-hybridized carbons (Fsp3) is 0.500. The van der Waals surface area contributed by atoms with Crippen molar-refractivity contribution >= 4 is 5.82 Å². The Bertz CT molecular complexity index is 570. The molecule has 0 saturated heterocycles.